The maximum Gasteiger partial charge on any atom is 0.416 e. The van der Waals surface area contributed by atoms with Gasteiger partial charge >= 0.3 is 6.18 Å². The van der Waals surface area contributed by atoms with Gasteiger partial charge in [-0.2, -0.15) is 13.2 Å². The summed E-state index contributed by atoms with van der Waals surface area (Å²) in [5, 5.41) is 9.22. The zero-order chi connectivity index (χ0) is 12.5. The highest BCUT2D eigenvalue weighted by molar-refractivity contribution is 6.32. The van der Waals surface area contributed by atoms with Crippen LogP contribution in [-0.4, -0.2) is 11.7 Å². The van der Waals surface area contributed by atoms with Crippen LogP contribution in [0.15, 0.2) is 12.1 Å². The van der Waals surface area contributed by atoms with E-state index >= 15 is 0 Å². The van der Waals surface area contributed by atoms with E-state index in [9.17, 15) is 18.3 Å². The number of nitrogens with two attached hydrogens (primary N) is 1. The first-order chi connectivity index (χ1) is 7.27. The summed E-state index contributed by atoms with van der Waals surface area (Å²) >= 11 is 5.54. The molecule has 90 valence electrons. The molecule has 1 atom stereocenters. The van der Waals surface area contributed by atoms with Crippen molar-refractivity contribution >= 4 is 11.6 Å². The average Bonchev–Trinajstić information content (AvgIpc) is 2.19. The average molecular weight is 254 g/mol. The maximum absolute atomic E-state index is 12.5. The van der Waals surface area contributed by atoms with Crippen LogP contribution in [0.4, 0.5) is 13.2 Å². The predicted molar refractivity (Wildman–Crippen MR) is 55.6 cm³/mol. The molecule has 6 heteroatoms. The number of phenols is 1. The molecule has 0 aromatic heterocycles. The Hall–Kier alpha value is -0.940. The SMILES string of the molecule is CC(CN)c1cc(C(F)(F)F)cc(Cl)c1O. The highest BCUT2D eigenvalue weighted by Gasteiger charge is 2.32. The van der Waals surface area contributed by atoms with Crippen molar-refractivity contribution in [1.29, 1.82) is 0 Å². The summed E-state index contributed by atoms with van der Waals surface area (Å²) in [6.45, 7) is 1.75. The number of aromatic hydroxyl groups is 1. The molecular formula is C10H11ClF3NO. The van der Waals surface area contributed by atoms with Crippen LogP contribution in [-0.2, 0) is 6.18 Å². The number of alkyl halides is 3. The molecule has 0 bridgehead atoms. The third-order valence-electron chi connectivity index (χ3n) is 2.30. The zero-order valence-corrected chi connectivity index (χ0v) is 9.23. The van der Waals surface area contributed by atoms with Gasteiger partial charge in [-0.15, -0.1) is 0 Å². The molecule has 16 heavy (non-hydrogen) atoms. The van der Waals surface area contributed by atoms with Crippen molar-refractivity contribution in [3.63, 3.8) is 0 Å². The minimum Gasteiger partial charge on any atom is -0.506 e. The van der Waals surface area contributed by atoms with Gasteiger partial charge in [-0.1, -0.05) is 18.5 Å². The van der Waals surface area contributed by atoms with E-state index in [1.54, 1.807) is 6.92 Å². The van der Waals surface area contributed by atoms with Gasteiger partial charge in [0, 0.05) is 5.56 Å². The van der Waals surface area contributed by atoms with Gasteiger partial charge in [-0.3, -0.25) is 0 Å². The van der Waals surface area contributed by atoms with Gasteiger partial charge in [0.25, 0.3) is 0 Å². The standard InChI is InChI=1S/C10H11ClF3NO/c1-5(4-15)7-2-6(10(12,13)14)3-8(11)9(7)16/h2-3,5,16H,4,15H2,1H3. The van der Waals surface area contributed by atoms with Crippen molar-refractivity contribution < 1.29 is 18.3 Å². The molecule has 1 unspecified atom stereocenters. The Morgan fingerprint density at radius 1 is 1.44 bits per heavy atom. The molecule has 0 saturated carbocycles. The van der Waals surface area contributed by atoms with E-state index in [0.29, 0.717) is 6.07 Å². The predicted octanol–water partition coefficient (Wildman–Crippen LogP) is 3.13. The number of hydrogen-bond donors (Lipinski definition) is 2. The van der Waals surface area contributed by atoms with Gasteiger partial charge in [-0.05, 0) is 24.6 Å². The van der Waals surface area contributed by atoms with Crippen LogP contribution in [0.1, 0.15) is 24.0 Å². The topological polar surface area (TPSA) is 46.2 Å². The van der Waals surface area contributed by atoms with Crippen molar-refractivity contribution in [3.8, 4) is 5.75 Å². The lowest BCUT2D eigenvalue weighted by atomic mass is 9.98. The van der Waals surface area contributed by atoms with E-state index in [4.69, 9.17) is 17.3 Å². The van der Waals surface area contributed by atoms with Crippen molar-refractivity contribution in [2.75, 3.05) is 6.54 Å². The van der Waals surface area contributed by atoms with Gasteiger partial charge in [0.1, 0.15) is 5.75 Å². The fourth-order valence-corrected chi connectivity index (χ4v) is 1.51. The molecule has 1 aromatic rings. The number of benzene rings is 1. The Labute approximate surface area is 95.8 Å². The third-order valence-corrected chi connectivity index (χ3v) is 2.59. The Balaban J connectivity index is 3.33. The lowest BCUT2D eigenvalue weighted by molar-refractivity contribution is -0.137. The lowest BCUT2D eigenvalue weighted by Crippen LogP contribution is -2.12. The molecule has 0 saturated heterocycles. The lowest BCUT2D eigenvalue weighted by Gasteiger charge is -2.15. The fraction of sp³-hybridized carbons (Fsp3) is 0.400. The van der Waals surface area contributed by atoms with Gasteiger partial charge in [0.15, 0.2) is 0 Å². The molecule has 0 amide bonds. The van der Waals surface area contributed by atoms with Crippen LogP contribution in [0.25, 0.3) is 0 Å². The second-order valence-electron chi connectivity index (χ2n) is 3.53. The zero-order valence-electron chi connectivity index (χ0n) is 8.48. The van der Waals surface area contributed by atoms with Gasteiger partial charge in [-0.25, -0.2) is 0 Å². The Bertz CT molecular complexity index is 392. The summed E-state index contributed by atoms with van der Waals surface area (Å²) in [6, 6.07) is 1.57. The normalized spacial score (nSPS) is 13.9. The summed E-state index contributed by atoms with van der Waals surface area (Å²) in [7, 11) is 0. The molecule has 1 aromatic carbocycles. The molecule has 0 spiro atoms. The first kappa shape index (κ1) is 13.1. The van der Waals surface area contributed by atoms with Crippen molar-refractivity contribution in [1.82, 2.24) is 0 Å². The van der Waals surface area contributed by atoms with Crippen LogP contribution in [0, 0.1) is 0 Å². The van der Waals surface area contributed by atoms with Crippen LogP contribution in [0.3, 0.4) is 0 Å². The molecule has 2 nitrogen and oxygen atoms in total. The highest BCUT2D eigenvalue weighted by Crippen LogP contribution is 2.39. The quantitative estimate of drug-likeness (QED) is 0.851. The minimum atomic E-state index is -4.49. The van der Waals surface area contributed by atoms with E-state index in [2.05, 4.69) is 0 Å². The number of halogens is 4. The van der Waals surface area contributed by atoms with Gasteiger partial charge in [0.2, 0.25) is 0 Å². The van der Waals surface area contributed by atoms with E-state index < -0.39 is 11.7 Å². The number of rotatable bonds is 2. The Morgan fingerprint density at radius 3 is 2.44 bits per heavy atom. The van der Waals surface area contributed by atoms with Crippen LogP contribution in [0.2, 0.25) is 5.02 Å². The van der Waals surface area contributed by atoms with Crippen LogP contribution in [0.5, 0.6) is 5.75 Å². The Morgan fingerprint density at radius 2 is 2.00 bits per heavy atom. The molecule has 0 aliphatic rings. The van der Waals surface area contributed by atoms with Crippen LogP contribution < -0.4 is 5.73 Å². The van der Waals surface area contributed by atoms with E-state index in [1.165, 1.54) is 0 Å². The van der Waals surface area contributed by atoms with E-state index in [0.717, 1.165) is 6.07 Å². The molecule has 1 rings (SSSR count). The molecule has 0 aliphatic heterocycles. The first-order valence-corrected chi connectivity index (χ1v) is 4.94. The summed E-state index contributed by atoms with van der Waals surface area (Å²) in [5.74, 6) is -0.729. The number of phenolic OH excluding ortho intramolecular Hbond substituents is 1. The highest BCUT2D eigenvalue weighted by atomic mass is 35.5. The third kappa shape index (κ3) is 2.59. The largest absolute Gasteiger partial charge is 0.506 e. The van der Waals surface area contributed by atoms with Crippen molar-refractivity contribution in [2.24, 2.45) is 5.73 Å². The van der Waals surface area contributed by atoms with Gasteiger partial charge < -0.3 is 10.8 Å². The Kier molecular flexibility index (Phi) is 3.70. The fourth-order valence-electron chi connectivity index (χ4n) is 1.29. The van der Waals surface area contributed by atoms with E-state index in [-0.39, 0.29) is 28.8 Å². The monoisotopic (exact) mass is 253 g/mol. The molecule has 0 aliphatic carbocycles. The molecule has 0 fully saturated rings. The van der Waals surface area contributed by atoms with Crippen LogP contribution >= 0.6 is 11.6 Å². The summed E-state index contributed by atoms with van der Waals surface area (Å²) in [4.78, 5) is 0. The smallest absolute Gasteiger partial charge is 0.416 e. The first-order valence-electron chi connectivity index (χ1n) is 4.57. The summed E-state index contributed by atoms with van der Waals surface area (Å²) in [6.07, 6.45) is -4.49. The maximum atomic E-state index is 12.5. The molecule has 3 N–H and O–H groups in total. The molecule has 0 radical (unpaired) electrons. The molecule has 0 heterocycles. The number of hydrogen-bond acceptors (Lipinski definition) is 2. The second-order valence-corrected chi connectivity index (χ2v) is 3.94. The minimum absolute atomic E-state index is 0.113. The van der Waals surface area contributed by atoms with Crippen molar-refractivity contribution in [3.05, 3.63) is 28.3 Å². The van der Waals surface area contributed by atoms with Gasteiger partial charge in [0.05, 0.1) is 10.6 Å². The van der Waals surface area contributed by atoms with Crippen molar-refractivity contribution in [2.45, 2.75) is 19.0 Å². The summed E-state index contributed by atoms with van der Waals surface area (Å²) < 4.78 is 37.4. The summed E-state index contributed by atoms with van der Waals surface area (Å²) in [5.41, 5.74) is 4.58. The molecular weight excluding hydrogens is 243 g/mol. The second kappa shape index (κ2) is 4.51. The van der Waals surface area contributed by atoms with E-state index in [1.807, 2.05) is 0 Å².